The molecule has 114 valence electrons. The van der Waals surface area contributed by atoms with Crippen LogP contribution in [0.4, 0.5) is 4.39 Å². The fourth-order valence-corrected chi connectivity index (χ4v) is 2.31. The van der Waals surface area contributed by atoms with Gasteiger partial charge in [0.15, 0.2) is 0 Å². The highest BCUT2D eigenvalue weighted by atomic mass is 19.1. The Kier molecular flexibility index (Phi) is 4.78. The van der Waals surface area contributed by atoms with E-state index in [0.717, 1.165) is 17.7 Å². The van der Waals surface area contributed by atoms with Crippen LogP contribution in [0.15, 0.2) is 36.9 Å². The Hall–Kier alpha value is -1.68. The van der Waals surface area contributed by atoms with Crippen molar-refractivity contribution in [2.24, 2.45) is 5.41 Å². The zero-order chi connectivity index (χ0) is 15.5. The van der Waals surface area contributed by atoms with Crippen LogP contribution in [0, 0.1) is 18.2 Å². The van der Waals surface area contributed by atoms with E-state index in [-0.39, 0.29) is 17.3 Å². The maximum absolute atomic E-state index is 13.4. The van der Waals surface area contributed by atoms with E-state index in [4.69, 9.17) is 0 Å². The molecule has 2 rings (SSSR count). The summed E-state index contributed by atoms with van der Waals surface area (Å²) in [5.41, 5.74) is 2.22. The van der Waals surface area contributed by atoms with Crippen molar-refractivity contribution >= 4 is 0 Å². The van der Waals surface area contributed by atoms with Crippen molar-refractivity contribution < 1.29 is 4.39 Å². The molecule has 0 aliphatic carbocycles. The zero-order valence-corrected chi connectivity index (χ0v) is 13.2. The van der Waals surface area contributed by atoms with Crippen LogP contribution in [-0.4, -0.2) is 15.6 Å². The van der Waals surface area contributed by atoms with Crippen LogP contribution < -0.4 is 5.32 Å². The third-order valence-corrected chi connectivity index (χ3v) is 3.85. The van der Waals surface area contributed by atoms with Crippen LogP contribution in [0.5, 0.6) is 0 Å². The number of nitrogens with one attached hydrogen (secondary N) is 1. The van der Waals surface area contributed by atoms with Gasteiger partial charge in [-0.05, 0) is 35.6 Å². The fourth-order valence-electron chi connectivity index (χ4n) is 2.31. The Morgan fingerprint density at radius 1 is 1.33 bits per heavy atom. The van der Waals surface area contributed by atoms with Crippen molar-refractivity contribution in [3.8, 4) is 0 Å². The van der Waals surface area contributed by atoms with Crippen molar-refractivity contribution in [1.29, 1.82) is 0 Å². The van der Waals surface area contributed by atoms with Gasteiger partial charge in [0, 0.05) is 31.5 Å². The number of aryl methyl sites for hydroxylation is 1. The molecule has 0 bridgehead atoms. The summed E-state index contributed by atoms with van der Waals surface area (Å²) in [6, 6.07) is 5.22. The van der Waals surface area contributed by atoms with E-state index >= 15 is 0 Å². The number of halogens is 1. The summed E-state index contributed by atoms with van der Waals surface area (Å²) in [6.45, 7) is 10.1. The summed E-state index contributed by atoms with van der Waals surface area (Å²) < 4.78 is 15.4. The molecule has 0 aliphatic rings. The summed E-state index contributed by atoms with van der Waals surface area (Å²) >= 11 is 0. The van der Waals surface area contributed by atoms with Gasteiger partial charge in [-0.15, -0.1) is 0 Å². The minimum absolute atomic E-state index is 0.103. The predicted molar refractivity (Wildman–Crippen MR) is 83.4 cm³/mol. The third kappa shape index (κ3) is 4.39. The quantitative estimate of drug-likeness (QED) is 0.912. The largest absolute Gasteiger partial charge is 0.336 e. The highest BCUT2D eigenvalue weighted by molar-refractivity contribution is 5.26. The highest BCUT2D eigenvalue weighted by Crippen LogP contribution is 2.21. The van der Waals surface area contributed by atoms with Crippen LogP contribution in [-0.2, 0) is 13.1 Å². The van der Waals surface area contributed by atoms with Crippen LogP contribution in [0.3, 0.4) is 0 Å². The van der Waals surface area contributed by atoms with Gasteiger partial charge in [-0.3, -0.25) is 0 Å². The second-order valence-corrected chi connectivity index (χ2v) is 6.63. The topological polar surface area (TPSA) is 29.9 Å². The number of nitrogens with zero attached hydrogens (tertiary/aromatic N) is 2. The molecule has 1 aromatic carbocycles. The molecule has 1 atom stereocenters. The molecule has 3 nitrogen and oxygen atoms in total. The van der Waals surface area contributed by atoms with Gasteiger partial charge in [0.1, 0.15) is 5.82 Å². The molecule has 1 heterocycles. The monoisotopic (exact) mass is 289 g/mol. The second kappa shape index (κ2) is 6.39. The average Bonchev–Trinajstić information content (AvgIpc) is 2.89. The summed E-state index contributed by atoms with van der Waals surface area (Å²) in [5, 5.41) is 3.57. The minimum Gasteiger partial charge on any atom is -0.336 e. The molecule has 21 heavy (non-hydrogen) atoms. The smallest absolute Gasteiger partial charge is 0.123 e. The van der Waals surface area contributed by atoms with Gasteiger partial charge in [-0.1, -0.05) is 26.8 Å². The minimum atomic E-state index is -0.181. The first kappa shape index (κ1) is 15.7. The van der Waals surface area contributed by atoms with E-state index in [9.17, 15) is 4.39 Å². The van der Waals surface area contributed by atoms with Gasteiger partial charge in [0.2, 0.25) is 0 Å². The number of hydrogen-bond acceptors (Lipinski definition) is 2. The van der Waals surface area contributed by atoms with E-state index in [1.165, 1.54) is 6.07 Å². The second-order valence-electron chi connectivity index (χ2n) is 6.63. The Bertz CT molecular complexity index is 570. The molecule has 0 saturated heterocycles. The average molecular weight is 289 g/mol. The van der Waals surface area contributed by atoms with E-state index in [1.807, 2.05) is 25.5 Å². The Morgan fingerprint density at radius 2 is 2.10 bits per heavy atom. The summed E-state index contributed by atoms with van der Waals surface area (Å²) in [5.74, 6) is -0.181. The number of benzene rings is 1. The third-order valence-electron chi connectivity index (χ3n) is 3.85. The van der Waals surface area contributed by atoms with Crippen molar-refractivity contribution in [2.75, 3.05) is 0 Å². The van der Waals surface area contributed by atoms with E-state index < -0.39 is 0 Å². The van der Waals surface area contributed by atoms with Crippen LogP contribution >= 0.6 is 0 Å². The molecule has 0 spiro atoms. The Labute approximate surface area is 126 Å². The van der Waals surface area contributed by atoms with E-state index in [0.29, 0.717) is 6.54 Å². The summed E-state index contributed by atoms with van der Waals surface area (Å²) in [4.78, 5) is 4.09. The Balaban J connectivity index is 2.07. The molecule has 2 aromatic rings. The molecule has 0 fully saturated rings. The lowest BCUT2D eigenvalue weighted by atomic mass is 9.86. The number of rotatable bonds is 5. The van der Waals surface area contributed by atoms with Crippen LogP contribution in [0.2, 0.25) is 0 Å². The van der Waals surface area contributed by atoms with E-state index in [1.54, 1.807) is 12.3 Å². The van der Waals surface area contributed by atoms with Gasteiger partial charge in [0.25, 0.3) is 0 Å². The zero-order valence-electron chi connectivity index (χ0n) is 13.2. The maximum Gasteiger partial charge on any atom is 0.123 e. The molecule has 0 aliphatic heterocycles. The molecule has 0 amide bonds. The van der Waals surface area contributed by atoms with Gasteiger partial charge in [-0.25, -0.2) is 9.37 Å². The molecule has 0 radical (unpaired) electrons. The fraction of sp³-hybridized carbons (Fsp3) is 0.471. The summed E-state index contributed by atoms with van der Waals surface area (Å²) in [6.07, 6.45) is 5.58. The first-order valence-electron chi connectivity index (χ1n) is 7.30. The molecule has 1 aromatic heterocycles. The standard InChI is InChI=1S/C17H24FN3/c1-13-5-6-15(18)9-14(13)10-20-16(17(2,3)4)11-21-8-7-19-12-21/h5-9,12,16,20H,10-11H2,1-4H3. The molecular formula is C17H24FN3. The lowest BCUT2D eigenvalue weighted by Crippen LogP contribution is -2.43. The van der Waals surface area contributed by atoms with Crippen molar-refractivity contribution in [3.05, 3.63) is 53.9 Å². The molecular weight excluding hydrogens is 265 g/mol. The first-order valence-corrected chi connectivity index (χ1v) is 7.30. The van der Waals surface area contributed by atoms with Crippen molar-refractivity contribution in [3.63, 3.8) is 0 Å². The summed E-state index contributed by atoms with van der Waals surface area (Å²) in [7, 11) is 0. The number of imidazole rings is 1. The maximum atomic E-state index is 13.4. The van der Waals surface area contributed by atoms with Gasteiger partial charge >= 0.3 is 0 Å². The van der Waals surface area contributed by atoms with Gasteiger partial charge in [0.05, 0.1) is 6.33 Å². The van der Waals surface area contributed by atoms with E-state index in [2.05, 4.69) is 35.6 Å². The lowest BCUT2D eigenvalue weighted by Gasteiger charge is -2.32. The molecule has 1 N–H and O–H groups in total. The molecule has 1 unspecified atom stereocenters. The van der Waals surface area contributed by atoms with Gasteiger partial charge in [-0.2, -0.15) is 0 Å². The van der Waals surface area contributed by atoms with Crippen LogP contribution in [0.1, 0.15) is 31.9 Å². The van der Waals surface area contributed by atoms with Gasteiger partial charge < -0.3 is 9.88 Å². The first-order chi connectivity index (χ1) is 9.86. The number of hydrogen-bond donors (Lipinski definition) is 1. The van der Waals surface area contributed by atoms with Crippen molar-refractivity contribution in [2.45, 2.75) is 46.8 Å². The van der Waals surface area contributed by atoms with Crippen molar-refractivity contribution in [1.82, 2.24) is 14.9 Å². The lowest BCUT2D eigenvalue weighted by molar-refractivity contribution is 0.240. The Morgan fingerprint density at radius 3 is 2.71 bits per heavy atom. The highest BCUT2D eigenvalue weighted by Gasteiger charge is 2.24. The SMILES string of the molecule is Cc1ccc(F)cc1CNC(Cn1ccnc1)C(C)(C)C. The molecule has 0 saturated carbocycles. The predicted octanol–water partition coefficient (Wildman–Crippen LogP) is 3.54. The normalized spacial score (nSPS) is 13.4. The van der Waals surface area contributed by atoms with Crippen LogP contribution in [0.25, 0.3) is 0 Å². The number of aromatic nitrogens is 2. The molecule has 4 heteroatoms.